The third kappa shape index (κ3) is 2.41. The smallest absolute Gasteiger partial charge is 0.230 e. The van der Waals surface area contributed by atoms with Crippen molar-refractivity contribution in [2.24, 2.45) is 0 Å². The number of nitrogens with one attached hydrogen (secondary N) is 1. The Morgan fingerprint density at radius 1 is 1.35 bits per heavy atom. The van der Waals surface area contributed by atoms with E-state index < -0.39 is 11.8 Å². The molecule has 0 bridgehead atoms. The van der Waals surface area contributed by atoms with Gasteiger partial charge in [-0.15, -0.1) is 0 Å². The van der Waals surface area contributed by atoms with E-state index in [9.17, 15) is 19.2 Å². The van der Waals surface area contributed by atoms with Gasteiger partial charge >= 0.3 is 0 Å². The van der Waals surface area contributed by atoms with Crippen LogP contribution in [0.2, 0.25) is 0 Å². The van der Waals surface area contributed by atoms with Crippen molar-refractivity contribution in [2.75, 3.05) is 13.1 Å². The van der Waals surface area contributed by atoms with E-state index in [1.54, 1.807) is 4.90 Å². The lowest BCUT2D eigenvalue weighted by atomic mass is 9.97. The first-order valence-corrected chi connectivity index (χ1v) is 5.65. The van der Waals surface area contributed by atoms with Crippen molar-refractivity contribution in [3.05, 3.63) is 0 Å². The van der Waals surface area contributed by atoms with Crippen LogP contribution in [0.15, 0.2) is 0 Å². The maximum atomic E-state index is 11.5. The molecule has 0 spiro atoms. The van der Waals surface area contributed by atoms with E-state index in [2.05, 4.69) is 5.32 Å². The molecule has 0 aliphatic carbocycles. The maximum Gasteiger partial charge on any atom is 0.230 e. The number of Topliss-reactive ketones (excluding diaryl/α,β-unsaturated/α-hetero) is 2. The van der Waals surface area contributed by atoms with Gasteiger partial charge in [-0.3, -0.25) is 19.2 Å². The highest BCUT2D eigenvalue weighted by molar-refractivity contribution is 6.27. The summed E-state index contributed by atoms with van der Waals surface area (Å²) < 4.78 is 0. The normalized spacial score (nSPS) is 29.5. The molecule has 1 amide bonds. The fraction of sp³-hybridized carbons (Fsp3) is 0.636. The number of piperidine rings is 1. The molecular formula is C11H14N2O4. The zero-order valence-corrected chi connectivity index (χ0v) is 9.35. The molecule has 2 heterocycles. The predicted molar refractivity (Wildman–Crippen MR) is 57.2 cm³/mol. The van der Waals surface area contributed by atoms with Crippen LogP contribution in [-0.2, 0) is 19.2 Å². The molecule has 0 radical (unpaired) electrons. The fourth-order valence-electron chi connectivity index (χ4n) is 2.37. The topological polar surface area (TPSA) is 83.6 Å². The largest absolute Gasteiger partial charge is 0.331 e. The van der Waals surface area contributed by atoms with E-state index in [4.69, 9.17) is 0 Å². The second-order valence-corrected chi connectivity index (χ2v) is 4.45. The van der Waals surface area contributed by atoms with Crippen molar-refractivity contribution in [3.63, 3.8) is 0 Å². The number of aldehydes is 1. The first-order valence-electron chi connectivity index (χ1n) is 5.65. The van der Waals surface area contributed by atoms with E-state index in [1.165, 1.54) is 0 Å². The summed E-state index contributed by atoms with van der Waals surface area (Å²) >= 11 is 0. The number of rotatable bonds is 3. The van der Waals surface area contributed by atoms with E-state index in [0.29, 0.717) is 25.7 Å². The molecule has 6 nitrogen and oxygen atoms in total. The highest BCUT2D eigenvalue weighted by Gasteiger charge is 2.36. The summed E-state index contributed by atoms with van der Waals surface area (Å²) in [5.41, 5.74) is 0. The van der Waals surface area contributed by atoms with E-state index in [1.807, 2.05) is 0 Å². The van der Waals surface area contributed by atoms with E-state index in [0.717, 1.165) is 0 Å². The van der Waals surface area contributed by atoms with Gasteiger partial charge in [-0.25, -0.2) is 0 Å². The lowest BCUT2D eigenvalue weighted by molar-refractivity contribution is -0.132. The van der Waals surface area contributed by atoms with Gasteiger partial charge in [0.05, 0.1) is 19.0 Å². The molecule has 2 saturated heterocycles. The standard InChI is InChI=1S/C11H14N2O4/c14-6-10(16)9-2-1-7(4-12-9)13-5-8(15)3-11(13)17/h6-7,9,12H,1-5H2. The van der Waals surface area contributed by atoms with Gasteiger partial charge < -0.3 is 10.2 Å². The van der Waals surface area contributed by atoms with Crippen LogP contribution in [0.4, 0.5) is 0 Å². The number of ketones is 2. The highest BCUT2D eigenvalue weighted by atomic mass is 16.2. The molecular weight excluding hydrogens is 224 g/mol. The highest BCUT2D eigenvalue weighted by Crippen LogP contribution is 2.18. The Kier molecular flexibility index (Phi) is 3.33. The van der Waals surface area contributed by atoms with Crippen LogP contribution in [0.25, 0.3) is 0 Å². The summed E-state index contributed by atoms with van der Waals surface area (Å²) in [6, 6.07) is -0.471. The lowest BCUT2D eigenvalue weighted by Gasteiger charge is -2.33. The zero-order valence-electron chi connectivity index (χ0n) is 9.35. The number of likely N-dealkylation sites (tertiary alicyclic amines) is 1. The van der Waals surface area contributed by atoms with Gasteiger partial charge in [0.1, 0.15) is 0 Å². The molecule has 2 unspecified atom stereocenters. The van der Waals surface area contributed by atoms with Gasteiger partial charge in [-0.2, -0.15) is 0 Å². The van der Waals surface area contributed by atoms with Gasteiger partial charge in [-0.05, 0) is 12.8 Å². The first kappa shape index (κ1) is 11.9. The summed E-state index contributed by atoms with van der Waals surface area (Å²) in [6.07, 6.45) is 1.49. The minimum atomic E-state index is -0.452. The van der Waals surface area contributed by atoms with Crippen LogP contribution in [0, 0.1) is 0 Å². The van der Waals surface area contributed by atoms with E-state index >= 15 is 0 Å². The summed E-state index contributed by atoms with van der Waals surface area (Å²) in [5, 5.41) is 2.95. The average Bonchev–Trinajstić information content (AvgIpc) is 2.68. The van der Waals surface area contributed by atoms with Crippen LogP contribution in [-0.4, -0.2) is 53.8 Å². The summed E-state index contributed by atoms with van der Waals surface area (Å²) in [7, 11) is 0. The quantitative estimate of drug-likeness (QED) is 0.374. The summed E-state index contributed by atoms with van der Waals surface area (Å²) in [5.74, 6) is -0.643. The number of hydrogen-bond donors (Lipinski definition) is 1. The molecule has 2 aliphatic heterocycles. The van der Waals surface area contributed by atoms with Crippen molar-refractivity contribution < 1.29 is 19.2 Å². The summed E-state index contributed by atoms with van der Waals surface area (Å²) in [6.45, 7) is 0.640. The number of nitrogens with zero attached hydrogens (tertiary/aromatic N) is 1. The zero-order chi connectivity index (χ0) is 12.4. The molecule has 17 heavy (non-hydrogen) atoms. The minimum Gasteiger partial charge on any atom is -0.331 e. The third-order valence-corrected chi connectivity index (χ3v) is 3.30. The number of carbonyl (C=O) groups is 4. The van der Waals surface area contributed by atoms with Crippen molar-refractivity contribution in [1.29, 1.82) is 0 Å². The molecule has 2 rings (SSSR count). The second kappa shape index (κ2) is 4.75. The Morgan fingerprint density at radius 3 is 2.59 bits per heavy atom. The lowest BCUT2D eigenvalue weighted by Crippen LogP contribution is -2.52. The molecule has 0 aromatic carbocycles. The predicted octanol–water partition coefficient (Wildman–Crippen LogP) is -1.32. The Bertz CT molecular complexity index is 372. The van der Waals surface area contributed by atoms with Gasteiger partial charge in [0.15, 0.2) is 12.1 Å². The Hall–Kier alpha value is -1.56. The molecule has 2 atom stereocenters. The number of hydrogen-bond acceptors (Lipinski definition) is 5. The number of carbonyl (C=O) groups excluding carboxylic acids is 4. The van der Waals surface area contributed by atoms with Crippen LogP contribution < -0.4 is 5.32 Å². The SMILES string of the molecule is O=CC(=O)C1CCC(N2CC(=O)CC2=O)CN1. The minimum absolute atomic E-state index is 0.00675. The maximum absolute atomic E-state index is 11.5. The van der Waals surface area contributed by atoms with Gasteiger partial charge in [0, 0.05) is 12.6 Å². The van der Waals surface area contributed by atoms with Gasteiger partial charge in [0.25, 0.3) is 0 Å². The van der Waals surface area contributed by atoms with Crippen LogP contribution >= 0.6 is 0 Å². The van der Waals surface area contributed by atoms with Crippen LogP contribution in [0.3, 0.4) is 0 Å². The Balaban J connectivity index is 1.91. The monoisotopic (exact) mass is 238 g/mol. The van der Waals surface area contributed by atoms with E-state index in [-0.39, 0.29) is 30.7 Å². The molecule has 2 aliphatic rings. The Labute approximate surface area is 98.3 Å². The summed E-state index contributed by atoms with van der Waals surface area (Å²) in [4.78, 5) is 45.7. The fourth-order valence-corrected chi connectivity index (χ4v) is 2.37. The van der Waals surface area contributed by atoms with Gasteiger partial charge in [0.2, 0.25) is 11.7 Å². The third-order valence-electron chi connectivity index (χ3n) is 3.30. The molecule has 2 fully saturated rings. The first-order chi connectivity index (χ1) is 8.11. The van der Waals surface area contributed by atoms with Crippen LogP contribution in [0.1, 0.15) is 19.3 Å². The molecule has 6 heteroatoms. The average molecular weight is 238 g/mol. The molecule has 92 valence electrons. The molecule has 0 saturated carbocycles. The van der Waals surface area contributed by atoms with Crippen molar-refractivity contribution in [2.45, 2.75) is 31.3 Å². The van der Waals surface area contributed by atoms with Gasteiger partial charge in [-0.1, -0.05) is 0 Å². The number of amides is 1. The van der Waals surface area contributed by atoms with Crippen molar-refractivity contribution >= 4 is 23.8 Å². The van der Waals surface area contributed by atoms with Crippen LogP contribution in [0.5, 0.6) is 0 Å². The Morgan fingerprint density at radius 2 is 2.12 bits per heavy atom. The molecule has 0 aromatic heterocycles. The second-order valence-electron chi connectivity index (χ2n) is 4.45. The van der Waals surface area contributed by atoms with Crippen molar-refractivity contribution in [1.82, 2.24) is 10.2 Å². The molecule has 1 N–H and O–H groups in total. The van der Waals surface area contributed by atoms with Crippen molar-refractivity contribution in [3.8, 4) is 0 Å². The molecule has 0 aromatic rings.